The van der Waals surface area contributed by atoms with Crippen molar-refractivity contribution in [3.63, 3.8) is 0 Å². The number of nitrogens with one attached hydrogen (secondary N) is 1. The van der Waals surface area contributed by atoms with Gasteiger partial charge in [0.15, 0.2) is 9.84 Å². The minimum absolute atomic E-state index is 0.0105. The molecule has 0 spiro atoms. The average molecular weight is 337 g/mol. The van der Waals surface area contributed by atoms with E-state index in [0.717, 1.165) is 0 Å². The van der Waals surface area contributed by atoms with Crippen molar-refractivity contribution in [2.24, 2.45) is 0 Å². The lowest BCUT2D eigenvalue weighted by Crippen LogP contribution is -2.20. The van der Waals surface area contributed by atoms with Crippen molar-refractivity contribution >= 4 is 21.6 Å². The molecule has 122 valence electrons. The summed E-state index contributed by atoms with van der Waals surface area (Å²) < 4.78 is 38.0. The summed E-state index contributed by atoms with van der Waals surface area (Å²) in [5, 5.41) is 6.79. The first kappa shape index (κ1) is 15.7. The molecule has 1 aromatic carbocycles. The number of anilines is 1. The highest BCUT2D eigenvalue weighted by Crippen LogP contribution is 2.26. The van der Waals surface area contributed by atoms with Gasteiger partial charge in [0.1, 0.15) is 11.6 Å². The van der Waals surface area contributed by atoms with E-state index in [1.54, 1.807) is 13.0 Å². The number of rotatable bonds is 3. The second kappa shape index (κ2) is 5.77. The number of hydrogen-bond donors (Lipinski definition) is 1. The maximum absolute atomic E-state index is 13.3. The lowest BCUT2D eigenvalue weighted by molar-refractivity contribution is 0.102. The lowest BCUT2D eigenvalue weighted by Gasteiger charge is -2.14. The zero-order valence-corrected chi connectivity index (χ0v) is 13.3. The lowest BCUT2D eigenvalue weighted by atomic mass is 10.1. The summed E-state index contributed by atoms with van der Waals surface area (Å²) in [7, 11) is -3.05. The Morgan fingerprint density at radius 2 is 2.17 bits per heavy atom. The topological polar surface area (TPSA) is 81.1 Å². The summed E-state index contributed by atoms with van der Waals surface area (Å²) in [5.74, 6) is -0.411. The molecule has 1 N–H and O–H groups in total. The summed E-state index contributed by atoms with van der Waals surface area (Å²) in [6.07, 6.45) is 1.96. The van der Waals surface area contributed by atoms with Gasteiger partial charge in [-0.2, -0.15) is 5.10 Å². The van der Waals surface area contributed by atoms with Crippen molar-refractivity contribution in [3.8, 4) is 0 Å². The first-order valence-corrected chi connectivity index (χ1v) is 8.99. The number of hydrogen-bond acceptors (Lipinski definition) is 4. The van der Waals surface area contributed by atoms with Gasteiger partial charge in [-0.25, -0.2) is 17.5 Å². The Bertz CT molecular complexity index is 861. The predicted octanol–water partition coefficient (Wildman–Crippen LogP) is 1.94. The van der Waals surface area contributed by atoms with E-state index in [0.29, 0.717) is 17.8 Å². The highest BCUT2D eigenvalue weighted by molar-refractivity contribution is 7.91. The zero-order valence-electron chi connectivity index (χ0n) is 12.5. The van der Waals surface area contributed by atoms with Gasteiger partial charge in [0.25, 0.3) is 5.91 Å². The first-order chi connectivity index (χ1) is 10.9. The SMILES string of the molecule is Cc1ccc(F)cc1C(=O)Nc1ccnn1C1CCS(=O)(=O)C1. The number of amides is 1. The minimum Gasteiger partial charge on any atom is -0.307 e. The highest BCUT2D eigenvalue weighted by atomic mass is 32.2. The van der Waals surface area contributed by atoms with Crippen molar-refractivity contribution in [2.45, 2.75) is 19.4 Å². The van der Waals surface area contributed by atoms with Crippen LogP contribution < -0.4 is 5.32 Å². The summed E-state index contributed by atoms with van der Waals surface area (Å²) in [6, 6.07) is 5.30. The summed E-state index contributed by atoms with van der Waals surface area (Å²) in [6.45, 7) is 1.72. The molecule has 1 unspecified atom stereocenters. The molecular formula is C15H16FN3O3S. The Labute approximate surface area is 133 Å². The van der Waals surface area contributed by atoms with Gasteiger partial charge in [0, 0.05) is 11.6 Å². The molecule has 0 saturated carbocycles. The van der Waals surface area contributed by atoms with Crippen LogP contribution in [0.15, 0.2) is 30.5 Å². The normalized spacial score (nSPS) is 19.7. The monoisotopic (exact) mass is 337 g/mol. The van der Waals surface area contributed by atoms with Gasteiger partial charge in [-0.05, 0) is 31.0 Å². The van der Waals surface area contributed by atoms with Crippen LogP contribution in [0.2, 0.25) is 0 Å². The van der Waals surface area contributed by atoms with E-state index < -0.39 is 21.6 Å². The number of carbonyl (C=O) groups is 1. The summed E-state index contributed by atoms with van der Waals surface area (Å²) >= 11 is 0. The molecule has 23 heavy (non-hydrogen) atoms. The maximum Gasteiger partial charge on any atom is 0.257 e. The fourth-order valence-electron chi connectivity index (χ4n) is 2.70. The van der Waals surface area contributed by atoms with E-state index in [-0.39, 0.29) is 23.1 Å². The molecular weight excluding hydrogens is 321 g/mol. The number of carbonyl (C=O) groups excluding carboxylic acids is 1. The van der Waals surface area contributed by atoms with Crippen molar-refractivity contribution < 1.29 is 17.6 Å². The number of aryl methyl sites for hydroxylation is 1. The van der Waals surface area contributed by atoms with Gasteiger partial charge in [0.2, 0.25) is 0 Å². The fourth-order valence-corrected chi connectivity index (χ4v) is 4.39. The van der Waals surface area contributed by atoms with E-state index in [1.807, 2.05) is 0 Å². The van der Waals surface area contributed by atoms with E-state index in [2.05, 4.69) is 10.4 Å². The number of halogens is 1. The van der Waals surface area contributed by atoms with Crippen LogP contribution >= 0.6 is 0 Å². The van der Waals surface area contributed by atoms with Crippen LogP contribution in [0, 0.1) is 12.7 Å². The smallest absolute Gasteiger partial charge is 0.257 e. The van der Waals surface area contributed by atoms with Crippen LogP contribution in [0.1, 0.15) is 28.4 Å². The fraction of sp³-hybridized carbons (Fsp3) is 0.333. The third-order valence-electron chi connectivity index (χ3n) is 3.91. The standard InChI is InChI=1S/C15H16FN3O3S/c1-10-2-3-11(16)8-13(10)15(20)18-14-4-6-17-19(14)12-5-7-23(21,22)9-12/h2-4,6,8,12H,5,7,9H2,1H3,(H,18,20). The van der Waals surface area contributed by atoms with Gasteiger partial charge in [-0.3, -0.25) is 4.79 Å². The van der Waals surface area contributed by atoms with E-state index >= 15 is 0 Å². The van der Waals surface area contributed by atoms with Gasteiger partial charge in [0.05, 0.1) is 23.7 Å². The highest BCUT2D eigenvalue weighted by Gasteiger charge is 2.31. The molecule has 1 aliphatic rings. The summed E-state index contributed by atoms with van der Waals surface area (Å²) in [5.41, 5.74) is 0.884. The Morgan fingerprint density at radius 3 is 2.87 bits per heavy atom. The first-order valence-electron chi connectivity index (χ1n) is 7.17. The van der Waals surface area contributed by atoms with E-state index in [1.165, 1.54) is 29.1 Å². The van der Waals surface area contributed by atoms with Gasteiger partial charge in [-0.1, -0.05) is 6.07 Å². The van der Waals surface area contributed by atoms with Gasteiger partial charge in [-0.15, -0.1) is 0 Å². The van der Waals surface area contributed by atoms with E-state index in [9.17, 15) is 17.6 Å². The van der Waals surface area contributed by atoms with Crippen LogP contribution in [-0.4, -0.2) is 35.6 Å². The maximum atomic E-state index is 13.3. The van der Waals surface area contributed by atoms with E-state index in [4.69, 9.17) is 0 Å². The molecule has 1 atom stereocenters. The zero-order chi connectivity index (χ0) is 16.6. The van der Waals surface area contributed by atoms with Crippen molar-refractivity contribution in [2.75, 3.05) is 16.8 Å². The second-order valence-corrected chi connectivity index (χ2v) is 7.86. The molecule has 8 heteroatoms. The molecule has 2 aromatic rings. The van der Waals surface area contributed by atoms with Gasteiger partial charge < -0.3 is 5.32 Å². The van der Waals surface area contributed by atoms with Crippen molar-refractivity contribution in [3.05, 3.63) is 47.4 Å². The quantitative estimate of drug-likeness (QED) is 0.928. The number of sulfone groups is 1. The molecule has 1 saturated heterocycles. The molecule has 6 nitrogen and oxygen atoms in total. The largest absolute Gasteiger partial charge is 0.307 e. The summed E-state index contributed by atoms with van der Waals surface area (Å²) in [4.78, 5) is 12.3. The molecule has 2 heterocycles. The Morgan fingerprint density at radius 1 is 1.39 bits per heavy atom. The second-order valence-electron chi connectivity index (χ2n) is 5.63. The van der Waals surface area contributed by atoms with Crippen LogP contribution in [0.4, 0.5) is 10.2 Å². The van der Waals surface area contributed by atoms with Crippen LogP contribution in [0.5, 0.6) is 0 Å². The Kier molecular flexibility index (Phi) is 3.93. The third-order valence-corrected chi connectivity index (χ3v) is 5.66. The van der Waals surface area contributed by atoms with Crippen molar-refractivity contribution in [1.82, 2.24) is 9.78 Å². The molecule has 0 radical (unpaired) electrons. The average Bonchev–Trinajstić information content (AvgIpc) is 3.07. The van der Waals surface area contributed by atoms with Crippen LogP contribution in [0.25, 0.3) is 0 Å². The number of aromatic nitrogens is 2. The molecule has 1 aliphatic heterocycles. The molecule has 0 aliphatic carbocycles. The Hall–Kier alpha value is -2.22. The minimum atomic E-state index is -3.05. The molecule has 1 amide bonds. The third kappa shape index (κ3) is 3.26. The van der Waals surface area contributed by atoms with Crippen LogP contribution in [-0.2, 0) is 9.84 Å². The molecule has 1 aromatic heterocycles. The predicted molar refractivity (Wildman–Crippen MR) is 83.6 cm³/mol. The van der Waals surface area contributed by atoms with Gasteiger partial charge >= 0.3 is 0 Å². The molecule has 1 fully saturated rings. The molecule has 0 bridgehead atoms. The Balaban J connectivity index is 1.83. The molecule has 3 rings (SSSR count). The van der Waals surface area contributed by atoms with Crippen LogP contribution in [0.3, 0.4) is 0 Å². The number of nitrogens with zero attached hydrogens (tertiary/aromatic N) is 2. The number of benzene rings is 1. The van der Waals surface area contributed by atoms with Crippen molar-refractivity contribution in [1.29, 1.82) is 0 Å².